The molecule has 3 rings (SSSR count). The van der Waals surface area contributed by atoms with Gasteiger partial charge >= 0.3 is 0 Å². The molecule has 0 bridgehead atoms. The Labute approximate surface area is 141 Å². The number of nitrogens with zero attached hydrogens (tertiary/aromatic N) is 2. The summed E-state index contributed by atoms with van der Waals surface area (Å²) in [6.07, 6.45) is 3.49. The molecule has 0 aliphatic carbocycles. The summed E-state index contributed by atoms with van der Waals surface area (Å²) < 4.78 is 15.7. The van der Waals surface area contributed by atoms with Crippen LogP contribution in [0.25, 0.3) is 6.08 Å². The van der Waals surface area contributed by atoms with E-state index in [1.54, 1.807) is 6.08 Å². The monoisotopic (exact) mass is 350 g/mol. The molecule has 0 N–H and O–H groups in total. The molecule has 118 valence electrons. The van der Waals surface area contributed by atoms with Crippen molar-refractivity contribution in [2.45, 2.75) is 6.54 Å². The molecule has 0 unspecified atom stereocenters. The third kappa shape index (κ3) is 3.04. The summed E-state index contributed by atoms with van der Waals surface area (Å²) in [5, 5.41) is -0.245. The van der Waals surface area contributed by atoms with Gasteiger partial charge < -0.3 is 4.57 Å². The van der Waals surface area contributed by atoms with E-state index in [9.17, 15) is 14.0 Å². The van der Waals surface area contributed by atoms with Crippen molar-refractivity contribution in [1.29, 1.82) is 0 Å². The van der Waals surface area contributed by atoms with E-state index in [1.807, 2.05) is 29.9 Å². The van der Waals surface area contributed by atoms with E-state index in [0.717, 1.165) is 22.4 Å². The van der Waals surface area contributed by atoms with Gasteiger partial charge in [0, 0.05) is 29.5 Å². The van der Waals surface area contributed by atoms with E-state index in [2.05, 4.69) is 0 Å². The van der Waals surface area contributed by atoms with Gasteiger partial charge in [-0.05, 0) is 42.1 Å². The second kappa shape index (κ2) is 6.22. The Morgan fingerprint density at radius 2 is 2.04 bits per heavy atom. The van der Waals surface area contributed by atoms with Crippen LogP contribution in [0.4, 0.5) is 9.18 Å². The van der Waals surface area contributed by atoms with Crippen LogP contribution in [-0.2, 0) is 18.4 Å². The first kappa shape index (κ1) is 15.8. The first-order valence-electron chi connectivity index (χ1n) is 6.77. The minimum atomic E-state index is -0.539. The summed E-state index contributed by atoms with van der Waals surface area (Å²) in [5.74, 6) is -0.983. The molecule has 1 aromatic carbocycles. The maximum Gasteiger partial charge on any atom is 0.293 e. The first-order valence-corrected chi connectivity index (χ1v) is 7.96. The normalized spacial score (nSPS) is 16.7. The number of amides is 2. The zero-order chi connectivity index (χ0) is 16.6. The number of hydrogen-bond donors (Lipinski definition) is 0. The van der Waals surface area contributed by atoms with Gasteiger partial charge in [-0.25, -0.2) is 4.39 Å². The number of hydrogen-bond acceptors (Lipinski definition) is 3. The van der Waals surface area contributed by atoms with Crippen molar-refractivity contribution in [1.82, 2.24) is 9.47 Å². The molecule has 0 atom stereocenters. The molecule has 1 aromatic heterocycles. The van der Waals surface area contributed by atoms with Crippen molar-refractivity contribution < 1.29 is 14.0 Å². The lowest BCUT2D eigenvalue weighted by atomic mass is 10.2. The average molecular weight is 351 g/mol. The van der Waals surface area contributed by atoms with Crippen LogP contribution in [-0.4, -0.2) is 20.6 Å². The zero-order valence-corrected chi connectivity index (χ0v) is 13.7. The standard InChI is InChI=1S/C16H12ClFN2O2S/c1-19-7-3-4-10(19)8-14-15(21)20(16(22)23-14)9-11-12(17)5-2-6-13(11)18/h2-8H,9H2,1H3/b14-8-. The average Bonchev–Trinajstić information content (AvgIpc) is 3.01. The minimum absolute atomic E-state index is 0.136. The number of thioether (sulfide) groups is 1. The molecule has 0 spiro atoms. The molecule has 0 saturated carbocycles. The van der Waals surface area contributed by atoms with Crippen LogP contribution >= 0.6 is 23.4 Å². The van der Waals surface area contributed by atoms with Crippen LogP contribution in [0.3, 0.4) is 0 Å². The fourth-order valence-electron chi connectivity index (χ4n) is 2.24. The number of carbonyl (C=O) groups is 2. The maximum absolute atomic E-state index is 13.9. The van der Waals surface area contributed by atoms with E-state index in [4.69, 9.17) is 11.6 Å². The van der Waals surface area contributed by atoms with Gasteiger partial charge in [0.15, 0.2) is 0 Å². The van der Waals surface area contributed by atoms with E-state index >= 15 is 0 Å². The van der Waals surface area contributed by atoms with Gasteiger partial charge in [-0.15, -0.1) is 0 Å². The topological polar surface area (TPSA) is 42.3 Å². The predicted octanol–water partition coefficient (Wildman–Crippen LogP) is 4.05. The molecule has 2 heterocycles. The highest BCUT2D eigenvalue weighted by Gasteiger charge is 2.36. The van der Waals surface area contributed by atoms with Crippen LogP contribution in [0.15, 0.2) is 41.4 Å². The number of carbonyl (C=O) groups excluding carboxylic acids is 2. The summed E-state index contributed by atoms with van der Waals surface area (Å²) in [6, 6.07) is 7.93. The van der Waals surface area contributed by atoms with E-state index in [1.165, 1.54) is 18.2 Å². The lowest BCUT2D eigenvalue weighted by Gasteiger charge is -2.14. The zero-order valence-electron chi connectivity index (χ0n) is 12.1. The summed E-state index contributed by atoms with van der Waals surface area (Å²) in [7, 11) is 1.84. The summed E-state index contributed by atoms with van der Waals surface area (Å²) in [5.41, 5.74) is 0.941. The van der Waals surface area contributed by atoms with Crippen molar-refractivity contribution >= 4 is 40.6 Å². The molecule has 23 heavy (non-hydrogen) atoms. The van der Waals surface area contributed by atoms with Gasteiger partial charge in [-0.1, -0.05) is 17.7 Å². The molecular weight excluding hydrogens is 339 g/mol. The number of aromatic nitrogens is 1. The van der Waals surface area contributed by atoms with E-state index in [0.29, 0.717) is 4.91 Å². The Morgan fingerprint density at radius 1 is 1.26 bits per heavy atom. The lowest BCUT2D eigenvalue weighted by Crippen LogP contribution is -2.28. The fourth-order valence-corrected chi connectivity index (χ4v) is 3.28. The molecule has 1 aliphatic rings. The first-order chi connectivity index (χ1) is 11.0. The van der Waals surface area contributed by atoms with Gasteiger partial charge in [0.1, 0.15) is 5.82 Å². The molecule has 2 amide bonds. The van der Waals surface area contributed by atoms with Gasteiger partial charge in [0.2, 0.25) is 0 Å². The Morgan fingerprint density at radius 3 is 2.70 bits per heavy atom. The fraction of sp³-hybridized carbons (Fsp3) is 0.125. The SMILES string of the molecule is Cn1cccc1/C=C1\SC(=O)N(Cc2c(F)cccc2Cl)C1=O. The summed E-state index contributed by atoms with van der Waals surface area (Å²) in [4.78, 5) is 25.8. The molecule has 1 fully saturated rings. The number of benzene rings is 1. The van der Waals surface area contributed by atoms with Crippen molar-refractivity contribution in [3.8, 4) is 0 Å². The third-order valence-electron chi connectivity index (χ3n) is 3.51. The number of aryl methyl sites for hydroxylation is 1. The van der Waals surface area contributed by atoms with E-state index in [-0.39, 0.29) is 17.1 Å². The van der Waals surface area contributed by atoms with Crippen LogP contribution in [0, 0.1) is 5.82 Å². The maximum atomic E-state index is 13.9. The predicted molar refractivity (Wildman–Crippen MR) is 88.3 cm³/mol. The second-order valence-electron chi connectivity index (χ2n) is 5.01. The lowest BCUT2D eigenvalue weighted by molar-refractivity contribution is -0.123. The Kier molecular flexibility index (Phi) is 4.28. The Balaban J connectivity index is 1.88. The highest BCUT2D eigenvalue weighted by Crippen LogP contribution is 2.34. The van der Waals surface area contributed by atoms with Crippen LogP contribution in [0.5, 0.6) is 0 Å². The molecule has 2 aromatic rings. The largest absolute Gasteiger partial charge is 0.351 e. The highest BCUT2D eigenvalue weighted by molar-refractivity contribution is 8.18. The van der Waals surface area contributed by atoms with Gasteiger partial charge in [-0.3, -0.25) is 14.5 Å². The smallest absolute Gasteiger partial charge is 0.293 e. The van der Waals surface area contributed by atoms with E-state index < -0.39 is 17.0 Å². The Hall–Kier alpha value is -2.05. The summed E-state index contributed by atoms with van der Waals surface area (Å²) >= 11 is 6.80. The van der Waals surface area contributed by atoms with Crippen molar-refractivity contribution in [2.75, 3.05) is 0 Å². The molecule has 1 aliphatic heterocycles. The minimum Gasteiger partial charge on any atom is -0.351 e. The van der Waals surface area contributed by atoms with Gasteiger partial charge in [0.25, 0.3) is 11.1 Å². The molecular formula is C16H12ClFN2O2S. The van der Waals surface area contributed by atoms with Crippen molar-refractivity contribution in [3.05, 3.63) is 63.5 Å². The van der Waals surface area contributed by atoms with Crippen molar-refractivity contribution in [3.63, 3.8) is 0 Å². The van der Waals surface area contributed by atoms with Gasteiger partial charge in [0.05, 0.1) is 11.4 Å². The number of imide groups is 1. The van der Waals surface area contributed by atoms with Gasteiger partial charge in [-0.2, -0.15) is 0 Å². The quantitative estimate of drug-likeness (QED) is 0.784. The molecule has 4 nitrogen and oxygen atoms in total. The third-order valence-corrected chi connectivity index (χ3v) is 4.78. The molecule has 0 radical (unpaired) electrons. The van der Waals surface area contributed by atoms with Crippen LogP contribution in [0.2, 0.25) is 5.02 Å². The highest BCUT2D eigenvalue weighted by atomic mass is 35.5. The summed E-state index contributed by atoms with van der Waals surface area (Å²) in [6.45, 7) is -0.180. The second-order valence-corrected chi connectivity index (χ2v) is 6.41. The number of halogens is 2. The van der Waals surface area contributed by atoms with Crippen LogP contribution < -0.4 is 0 Å². The van der Waals surface area contributed by atoms with Crippen molar-refractivity contribution in [2.24, 2.45) is 7.05 Å². The van der Waals surface area contributed by atoms with Crippen LogP contribution in [0.1, 0.15) is 11.3 Å². The molecule has 1 saturated heterocycles. The molecule has 7 heteroatoms. The number of rotatable bonds is 3. The Bertz CT molecular complexity index is 811.